The lowest BCUT2D eigenvalue weighted by Gasteiger charge is -2.27. The number of nitrogens with zero attached hydrogens (tertiary/aromatic N) is 1. The molecule has 1 aliphatic carbocycles. The molecule has 28 heavy (non-hydrogen) atoms. The average molecular weight is 368 g/mol. The van der Waals surface area contributed by atoms with E-state index in [4.69, 9.17) is 5.26 Å². The molecule has 0 aromatic heterocycles. The van der Waals surface area contributed by atoms with Crippen LogP contribution in [-0.4, -0.2) is 0 Å². The summed E-state index contributed by atoms with van der Waals surface area (Å²) in [7, 11) is 0. The van der Waals surface area contributed by atoms with E-state index in [0.717, 1.165) is 11.5 Å². The van der Waals surface area contributed by atoms with Crippen molar-refractivity contribution in [2.75, 3.05) is 0 Å². The highest BCUT2D eigenvalue weighted by molar-refractivity contribution is 5.41. The Morgan fingerprint density at radius 3 is 2.25 bits per heavy atom. The third-order valence-corrected chi connectivity index (χ3v) is 5.72. The number of hydrogen-bond acceptors (Lipinski definition) is 1. The molecule has 0 aliphatic heterocycles. The van der Waals surface area contributed by atoms with Crippen LogP contribution in [0.3, 0.4) is 0 Å². The van der Waals surface area contributed by atoms with Crippen LogP contribution in [0.25, 0.3) is 0 Å². The SMILES string of the molecule is CCCCc1ccc([C@H]2CC[C@H](/C=C/C#Cc3ccc(C#N)cc3)CC2)cc1. The predicted octanol–water partition coefficient (Wildman–Crippen LogP) is 6.78. The molecule has 0 radical (unpaired) electrons. The number of rotatable bonds is 5. The molecule has 142 valence electrons. The van der Waals surface area contributed by atoms with Gasteiger partial charge in [-0.25, -0.2) is 0 Å². The van der Waals surface area contributed by atoms with E-state index in [1.165, 1.54) is 56.1 Å². The van der Waals surface area contributed by atoms with Crippen LogP contribution in [-0.2, 0) is 6.42 Å². The summed E-state index contributed by atoms with van der Waals surface area (Å²) in [6.07, 6.45) is 13.1. The lowest BCUT2D eigenvalue weighted by molar-refractivity contribution is 0.376. The molecule has 0 spiro atoms. The van der Waals surface area contributed by atoms with Gasteiger partial charge in [-0.15, -0.1) is 0 Å². The van der Waals surface area contributed by atoms with Gasteiger partial charge in [0.25, 0.3) is 0 Å². The van der Waals surface area contributed by atoms with Crippen molar-refractivity contribution in [1.29, 1.82) is 5.26 Å². The van der Waals surface area contributed by atoms with Gasteiger partial charge in [-0.1, -0.05) is 55.5 Å². The Balaban J connectivity index is 1.47. The summed E-state index contributed by atoms with van der Waals surface area (Å²) in [6, 6.07) is 18.9. The zero-order valence-corrected chi connectivity index (χ0v) is 16.8. The summed E-state index contributed by atoms with van der Waals surface area (Å²) in [5, 5.41) is 8.82. The van der Waals surface area contributed by atoms with Crippen molar-refractivity contribution in [3.63, 3.8) is 0 Å². The summed E-state index contributed by atoms with van der Waals surface area (Å²) >= 11 is 0. The lowest BCUT2D eigenvalue weighted by atomic mass is 9.78. The number of allylic oxidation sites excluding steroid dienone is 2. The fourth-order valence-electron chi connectivity index (χ4n) is 3.92. The van der Waals surface area contributed by atoms with E-state index in [-0.39, 0.29) is 0 Å². The van der Waals surface area contributed by atoms with Crippen molar-refractivity contribution >= 4 is 0 Å². The second-order valence-corrected chi connectivity index (χ2v) is 7.77. The minimum Gasteiger partial charge on any atom is -0.192 e. The summed E-state index contributed by atoms with van der Waals surface area (Å²) in [5.41, 5.74) is 4.62. The standard InChI is InChI=1S/C27H29N/c1-2-3-6-22-13-17-26(18-14-22)27-19-15-24(16-20-27)8-5-4-7-23-9-11-25(21-28)12-10-23/h5,8-14,17-18,24,27H,2-3,6,15-16,19-20H2,1H3/b8-5+/t24-,27-. The van der Waals surface area contributed by atoms with Gasteiger partial charge < -0.3 is 0 Å². The molecule has 0 N–H and O–H groups in total. The van der Waals surface area contributed by atoms with E-state index in [0.29, 0.717) is 11.5 Å². The molecule has 2 aromatic rings. The zero-order chi connectivity index (χ0) is 19.6. The number of aryl methyl sites for hydroxylation is 1. The summed E-state index contributed by atoms with van der Waals surface area (Å²) in [5.74, 6) is 7.65. The molecule has 1 nitrogen and oxygen atoms in total. The van der Waals surface area contributed by atoms with Crippen LogP contribution >= 0.6 is 0 Å². The summed E-state index contributed by atoms with van der Waals surface area (Å²) in [4.78, 5) is 0. The maximum absolute atomic E-state index is 8.82. The molecule has 0 amide bonds. The highest BCUT2D eigenvalue weighted by atomic mass is 14.3. The Morgan fingerprint density at radius 2 is 1.61 bits per heavy atom. The highest BCUT2D eigenvalue weighted by Crippen LogP contribution is 2.36. The smallest absolute Gasteiger partial charge is 0.0991 e. The lowest BCUT2D eigenvalue weighted by Crippen LogP contribution is -2.11. The first-order chi connectivity index (χ1) is 13.8. The summed E-state index contributed by atoms with van der Waals surface area (Å²) < 4.78 is 0. The monoisotopic (exact) mass is 367 g/mol. The number of benzene rings is 2. The molecule has 0 saturated heterocycles. The van der Waals surface area contributed by atoms with Gasteiger partial charge in [0.1, 0.15) is 0 Å². The van der Waals surface area contributed by atoms with E-state index < -0.39 is 0 Å². The van der Waals surface area contributed by atoms with Gasteiger partial charge in [0.2, 0.25) is 0 Å². The van der Waals surface area contributed by atoms with Crippen molar-refractivity contribution in [2.24, 2.45) is 5.92 Å². The Bertz CT molecular complexity index is 861. The van der Waals surface area contributed by atoms with Crippen molar-refractivity contribution in [1.82, 2.24) is 0 Å². The van der Waals surface area contributed by atoms with E-state index in [9.17, 15) is 0 Å². The molecular weight excluding hydrogens is 338 g/mol. The Kier molecular flexibility index (Phi) is 7.52. The minimum atomic E-state index is 0.648. The maximum Gasteiger partial charge on any atom is 0.0991 e. The highest BCUT2D eigenvalue weighted by Gasteiger charge is 2.20. The van der Waals surface area contributed by atoms with Crippen LogP contribution in [0.5, 0.6) is 0 Å². The van der Waals surface area contributed by atoms with Crippen LogP contribution in [0.4, 0.5) is 0 Å². The van der Waals surface area contributed by atoms with Gasteiger partial charge >= 0.3 is 0 Å². The van der Waals surface area contributed by atoms with Crippen LogP contribution in [0, 0.1) is 29.1 Å². The van der Waals surface area contributed by atoms with Crippen LogP contribution in [0.15, 0.2) is 60.7 Å². The molecular formula is C27H29N. The maximum atomic E-state index is 8.82. The topological polar surface area (TPSA) is 23.8 Å². The van der Waals surface area contributed by atoms with Crippen LogP contribution in [0.2, 0.25) is 0 Å². The first-order valence-electron chi connectivity index (χ1n) is 10.6. The average Bonchev–Trinajstić information content (AvgIpc) is 2.76. The largest absolute Gasteiger partial charge is 0.192 e. The first-order valence-corrected chi connectivity index (χ1v) is 10.6. The molecule has 1 fully saturated rings. The molecule has 1 aliphatic rings. The Hall–Kier alpha value is -2.77. The third-order valence-electron chi connectivity index (χ3n) is 5.72. The Morgan fingerprint density at radius 1 is 0.929 bits per heavy atom. The molecule has 0 unspecified atom stereocenters. The molecule has 0 bridgehead atoms. The van der Waals surface area contributed by atoms with Gasteiger partial charge in [-0.3, -0.25) is 0 Å². The second kappa shape index (κ2) is 10.5. The molecule has 0 heterocycles. The quantitative estimate of drug-likeness (QED) is 0.534. The van der Waals surface area contributed by atoms with Gasteiger partial charge in [0.15, 0.2) is 0 Å². The van der Waals surface area contributed by atoms with Crippen LogP contribution < -0.4 is 0 Å². The summed E-state index contributed by atoms with van der Waals surface area (Å²) in [6.45, 7) is 2.25. The fourth-order valence-corrected chi connectivity index (χ4v) is 3.92. The second-order valence-electron chi connectivity index (χ2n) is 7.77. The molecule has 1 heteroatoms. The zero-order valence-electron chi connectivity index (χ0n) is 16.8. The Labute approximate surface area is 170 Å². The molecule has 3 rings (SSSR count). The molecule has 1 saturated carbocycles. The van der Waals surface area contributed by atoms with E-state index in [2.05, 4.69) is 55.2 Å². The van der Waals surface area contributed by atoms with E-state index in [1.807, 2.05) is 30.3 Å². The van der Waals surface area contributed by atoms with E-state index in [1.54, 1.807) is 0 Å². The third kappa shape index (κ3) is 5.87. The van der Waals surface area contributed by atoms with Crippen molar-refractivity contribution in [3.05, 3.63) is 82.9 Å². The fraction of sp³-hybridized carbons (Fsp3) is 0.370. The number of nitriles is 1. The van der Waals surface area contributed by atoms with Gasteiger partial charge in [0.05, 0.1) is 11.6 Å². The number of unbranched alkanes of at least 4 members (excludes halogenated alkanes) is 1. The number of hydrogen-bond donors (Lipinski definition) is 0. The van der Waals surface area contributed by atoms with Gasteiger partial charge in [0, 0.05) is 5.56 Å². The molecule has 0 atom stereocenters. The predicted molar refractivity (Wildman–Crippen MR) is 117 cm³/mol. The van der Waals surface area contributed by atoms with E-state index >= 15 is 0 Å². The first kappa shape index (κ1) is 20.0. The van der Waals surface area contributed by atoms with Gasteiger partial charge in [-0.05, 0) is 91.8 Å². The van der Waals surface area contributed by atoms with Crippen molar-refractivity contribution < 1.29 is 0 Å². The van der Waals surface area contributed by atoms with Crippen molar-refractivity contribution in [3.8, 4) is 17.9 Å². The van der Waals surface area contributed by atoms with Gasteiger partial charge in [-0.2, -0.15) is 5.26 Å². The minimum absolute atomic E-state index is 0.648. The molecule has 2 aromatic carbocycles. The van der Waals surface area contributed by atoms with Crippen LogP contribution in [0.1, 0.15) is 73.6 Å². The van der Waals surface area contributed by atoms with Crippen molar-refractivity contribution in [2.45, 2.75) is 57.8 Å². The normalized spacial score (nSPS) is 19.0.